The maximum absolute atomic E-state index is 13.3. The highest BCUT2D eigenvalue weighted by molar-refractivity contribution is 6.10. The van der Waals surface area contributed by atoms with E-state index in [0.717, 1.165) is 73.7 Å². The summed E-state index contributed by atoms with van der Waals surface area (Å²) in [4.78, 5) is 26.6. The normalized spacial score (nSPS) is 20.9. The molecule has 0 saturated carbocycles. The summed E-state index contributed by atoms with van der Waals surface area (Å²) in [6.45, 7) is 17.2. The summed E-state index contributed by atoms with van der Waals surface area (Å²) in [7, 11) is 0. The number of rotatable bonds is 15. The van der Waals surface area contributed by atoms with Gasteiger partial charge in [0.25, 0.3) is 0 Å². The third-order valence-electron chi connectivity index (χ3n) is 8.43. The fraction of sp³-hybridized carbons (Fsp3) is 0.706. The van der Waals surface area contributed by atoms with Gasteiger partial charge in [-0.1, -0.05) is 79.7 Å². The summed E-state index contributed by atoms with van der Waals surface area (Å²) >= 11 is 0. The van der Waals surface area contributed by atoms with Crippen LogP contribution in [0.25, 0.3) is 0 Å². The molecule has 1 unspecified atom stereocenters. The van der Waals surface area contributed by atoms with E-state index >= 15 is 0 Å². The molecule has 2 rings (SSSR count). The smallest absolute Gasteiger partial charge is 0.184 e. The Balaban J connectivity index is 1.99. The monoisotopic (exact) mass is 526 g/mol. The van der Waals surface area contributed by atoms with Crippen molar-refractivity contribution in [1.29, 1.82) is 0 Å². The Kier molecular flexibility index (Phi) is 11.1. The second-order valence-corrected chi connectivity index (χ2v) is 14.2. The summed E-state index contributed by atoms with van der Waals surface area (Å²) in [5.74, 6) is 0.307. The Morgan fingerprint density at radius 1 is 0.632 bits per heavy atom. The van der Waals surface area contributed by atoms with Gasteiger partial charge < -0.3 is 10.2 Å². The molecule has 4 nitrogen and oxygen atoms in total. The first-order valence-corrected chi connectivity index (χ1v) is 14.7. The number of allylic oxidation sites excluding steroid dienone is 8. The first-order valence-electron chi connectivity index (χ1n) is 14.7. The lowest BCUT2D eigenvalue weighted by atomic mass is 9.76. The second-order valence-electron chi connectivity index (χ2n) is 14.2. The average Bonchev–Trinajstić information content (AvgIpc) is 2.83. The van der Waals surface area contributed by atoms with Crippen molar-refractivity contribution in [2.45, 2.75) is 120 Å². The third-order valence-corrected chi connectivity index (χ3v) is 8.43. The van der Waals surface area contributed by atoms with Gasteiger partial charge in [0.05, 0.1) is 0 Å². The van der Waals surface area contributed by atoms with Crippen molar-refractivity contribution in [3.8, 4) is 0 Å². The summed E-state index contributed by atoms with van der Waals surface area (Å²) in [5, 5.41) is 19.3. The zero-order valence-electron chi connectivity index (χ0n) is 25.5. The lowest BCUT2D eigenvalue weighted by Gasteiger charge is -2.28. The van der Waals surface area contributed by atoms with Crippen LogP contribution in [0.2, 0.25) is 0 Å². The van der Waals surface area contributed by atoms with Crippen LogP contribution in [0.1, 0.15) is 120 Å². The first kappa shape index (κ1) is 32.4. The molecule has 0 aromatic heterocycles. The largest absolute Gasteiger partial charge is 0.396 e. The van der Waals surface area contributed by atoms with Gasteiger partial charge in [0.1, 0.15) is 0 Å². The molecule has 0 aliphatic heterocycles. The van der Waals surface area contributed by atoms with Gasteiger partial charge in [-0.2, -0.15) is 0 Å². The molecule has 0 spiro atoms. The van der Waals surface area contributed by atoms with Gasteiger partial charge in [-0.3, -0.25) is 9.59 Å². The van der Waals surface area contributed by atoms with E-state index in [1.54, 1.807) is 0 Å². The highest BCUT2D eigenvalue weighted by Crippen LogP contribution is 2.37. The lowest BCUT2D eigenvalue weighted by Crippen LogP contribution is -2.22. The molecule has 214 valence electrons. The van der Waals surface area contributed by atoms with E-state index < -0.39 is 0 Å². The Morgan fingerprint density at radius 3 is 1.34 bits per heavy atom. The zero-order valence-corrected chi connectivity index (χ0v) is 25.5. The summed E-state index contributed by atoms with van der Waals surface area (Å²) < 4.78 is 0. The van der Waals surface area contributed by atoms with E-state index in [2.05, 4.69) is 79.7 Å². The lowest BCUT2D eigenvalue weighted by molar-refractivity contribution is -0.113. The van der Waals surface area contributed by atoms with Crippen LogP contribution in [-0.2, 0) is 9.59 Å². The van der Waals surface area contributed by atoms with Crippen LogP contribution in [0.3, 0.4) is 0 Å². The van der Waals surface area contributed by atoms with Crippen molar-refractivity contribution in [3.63, 3.8) is 0 Å². The van der Waals surface area contributed by atoms with Gasteiger partial charge in [0.2, 0.25) is 0 Å². The van der Waals surface area contributed by atoms with E-state index in [1.165, 1.54) is 0 Å². The molecule has 2 N–H and O–H groups in total. The number of aliphatic hydroxyl groups is 2. The molecule has 2 aliphatic carbocycles. The molecule has 0 heterocycles. The van der Waals surface area contributed by atoms with Crippen molar-refractivity contribution in [2.24, 2.45) is 21.7 Å². The van der Waals surface area contributed by atoms with Crippen LogP contribution in [0.4, 0.5) is 0 Å². The zero-order chi connectivity index (χ0) is 28.8. The van der Waals surface area contributed by atoms with Crippen molar-refractivity contribution in [3.05, 3.63) is 46.6 Å². The highest BCUT2D eigenvalue weighted by atomic mass is 16.3. The Morgan fingerprint density at radius 2 is 1.00 bits per heavy atom. The Bertz CT molecular complexity index is 980. The van der Waals surface area contributed by atoms with Gasteiger partial charge in [0, 0.05) is 24.0 Å². The third kappa shape index (κ3) is 9.45. The van der Waals surface area contributed by atoms with Gasteiger partial charge in [-0.05, 0) is 97.3 Å². The molecule has 38 heavy (non-hydrogen) atoms. The second kappa shape index (κ2) is 13.0. The molecule has 0 bridgehead atoms. The van der Waals surface area contributed by atoms with Gasteiger partial charge in [-0.15, -0.1) is 0 Å². The number of ketones is 2. The van der Waals surface area contributed by atoms with Crippen LogP contribution in [0, 0.1) is 21.7 Å². The standard InChI is InChI=1S/C34H54O4/c1-9-34(8,24-36)18-12-16-28-22-33(6,7)20-26(30(28)38)14-10-13-25-19-32(4,5)21-27(29(25)37)15-11-17-31(2,3)23-35/h19-22,35-36H,9-18,23-24H2,1-8H3. The molecule has 1 atom stereocenters. The topological polar surface area (TPSA) is 74.6 Å². The minimum atomic E-state index is -0.163. The van der Waals surface area contributed by atoms with Crippen LogP contribution >= 0.6 is 0 Å². The molecule has 0 fully saturated rings. The summed E-state index contributed by atoms with van der Waals surface area (Å²) in [5.41, 5.74) is 3.00. The summed E-state index contributed by atoms with van der Waals surface area (Å²) in [6.07, 6.45) is 16.6. The van der Waals surface area contributed by atoms with Gasteiger partial charge >= 0.3 is 0 Å². The molecular weight excluding hydrogens is 472 g/mol. The van der Waals surface area contributed by atoms with Crippen LogP contribution in [0.15, 0.2) is 46.6 Å². The molecule has 0 radical (unpaired) electrons. The fourth-order valence-electron chi connectivity index (χ4n) is 5.68. The first-order chi connectivity index (χ1) is 17.6. The predicted octanol–water partition coefficient (Wildman–Crippen LogP) is 7.85. The number of Topliss-reactive ketones (excluding diaryl/α,β-unsaturated/α-hetero) is 2. The van der Waals surface area contributed by atoms with Gasteiger partial charge in [0.15, 0.2) is 11.6 Å². The maximum Gasteiger partial charge on any atom is 0.184 e. The fourth-order valence-corrected chi connectivity index (χ4v) is 5.68. The van der Waals surface area contributed by atoms with Crippen molar-refractivity contribution in [1.82, 2.24) is 0 Å². The van der Waals surface area contributed by atoms with Crippen LogP contribution in [0.5, 0.6) is 0 Å². The van der Waals surface area contributed by atoms with E-state index in [4.69, 9.17) is 0 Å². The summed E-state index contributed by atoms with van der Waals surface area (Å²) in [6, 6.07) is 0. The average molecular weight is 527 g/mol. The van der Waals surface area contributed by atoms with Crippen molar-refractivity contribution in [2.75, 3.05) is 13.2 Å². The van der Waals surface area contributed by atoms with Crippen molar-refractivity contribution < 1.29 is 19.8 Å². The Labute approximate surface area is 232 Å². The van der Waals surface area contributed by atoms with E-state index in [9.17, 15) is 19.8 Å². The minimum Gasteiger partial charge on any atom is -0.396 e. The number of carbonyl (C=O) groups is 2. The molecule has 4 heteroatoms. The highest BCUT2D eigenvalue weighted by Gasteiger charge is 2.30. The van der Waals surface area contributed by atoms with Crippen LogP contribution < -0.4 is 0 Å². The number of aliphatic hydroxyl groups excluding tert-OH is 2. The van der Waals surface area contributed by atoms with Crippen molar-refractivity contribution >= 4 is 11.6 Å². The SMILES string of the molecule is CCC(C)(CO)CCCC1=CC(C)(C)C=C(CCCC2=CC(C)(C)C=C(CCCC(C)(C)CO)C2=O)C1=O. The molecule has 0 saturated heterocycles. The van der Waals surface area contributed by atoms with Crippen LogP contribution in [-0.4, -0.2) is 35.0 Å². The quantitative estimate of drug-likeness (QED) is 0.228. The molecule has 0 aromatic rings. The molecule has 2 aliphatic rings. The minimum absolute atomic E-state index is 0.0805. The van der Waals surface area contributed by atoms with E-state index in [1.807, 2.05) is 0 Å². The van der Waals surface area contributed by atoms with E-state index in [-0.39, 0.29) is 46.4 Å². The molecule has 0 aromatic carbocycles. The number of hydrogen-bond acceptors (Lipinski definition) is 4. The van der Waals surface area contributed by atoms with Gasteiger partial charge in [-0.25, -0.2) is 0 Å². The Hall–Kier alpha value is -1.78. The number of carbonyl (C=O) groups excluding carboxylic acids is 2. The van der Waals surface area contributed by atoms with E-state index in [0.29, 0.717) is 12.8 Å². The predicted molar refractivity (Wildman–Crippen MR) is 158 cm³/mol. The molecule has 0 amide bonds. The molecular formula is C34H54O4. The number of hydrogen-bond donors (Lipinski definition) is 2. The maximum atomic E-state index is 13.3.